The van der Waals surface area contributed by atoms with Crippen molar-refractivity contribution in [3.05, 3.63) is 17.7 Å². The molecule has 0 saturated heterocycles. The average molecular weight is 293 g/mol. The maximum Gasteiger partial charge on any atom is 0.129 e. The number of phenols is 1. The smallest absolute Gasteiger partial charge is 0.129 e. The molecule has 1 fully saturated rings. The van der Waals surface area contributed by atoms with Gasteiger partial charge in [0.25, 0.3) is 0 Å². The van der Waals surface area contributed by atoms with E-state index in [4.69, 9.17) is 10.5 Å². The molecule has 1 aromatic carbocycles. The highest BCUT2D eigenvalue weighted by Crippen LogP contribution is 2.56. The third kappa shape index (κ3) is 2.07. The fourth-order valence-electron chi connectivity index (χ4n) is 3.93. The van der Waals surface area contributed by atoms with Crippen LogP contribution in [0.2, 0.25) is 0 Å². The third-order valence-corrected chi connectivity index (χ3v) is 5.11. The van der Waals surface area contributed by atoms with Crippen molar-refractivity contribution in [1.29, 1.82) is 0 Å². The minimum Gasteiger partial charge on any atom is -0.507 e. The predicted molar refractivity (Wildman–Crippen MR) is 79.3 cm³/mol. The van der Waals surface area contributed by atoms with Gasteiger partial charge in [0, 0.05) is 35.2 Å². The molecule has 4 atom stereocenters. The Hall–Kier alpha value is -1.46. The second kappa shape index (κ2) is 4.27. The van der Waals surface area contributed by atoms with Crippen LogP contribution in [0.4, 0.5) is 5.69 Å². The minimum absolute atomic E-state index is 0.0206. The number of aromatic hydroxyl groups is 1. The monoisotopic (exact) mass is 293 g/mol. The summed E-state index contributed by atoms with van der Waals surface area (Å²) in [5, 5.41) is 31.4. The summed E-state index contributed by atoms with van der Waals surface area (Å²) in [5.41, 5.74) is 5.09. The van der Waals surface area contributed by atoms with E-state index in [2.05, 4.69) is 0 Å². The molecule has 1 saturated carbocycles. The van der Waals surface area contributed by atoms with Crippen LogP contribution < -0.4 is 10.5 Å². The lowest BCUT2D eigenvalue weighted by molar-refractivity contribution is -0.144. The summed E-state index contributed by atoms with van der Waals surface area (Å²) in [6.07, 6.45) is 0.283. The van der Waals surface area contributed by atoms with Crippen LogP contribution in [-0.4, -0.2) is 32.6 Å². The SMILES string of the molecule is CC1(C)Oc2cc(N)cc(O)c2[C@H]2[C@H]1CC[C@](C)(O)[C@H]2O. The number of anilines is 1. The van der Waals surface area contributed by atoms with Gasteiger partial charge >= 0.3 is 0 Å². The highest BCUT2D eigenvalue weighted by molar-refractivity contribution is 5.59. The number of hydrogen-bond acceptors (Lipinski definition) is 5. The summed E-state index contributed by atoms with van der Waals surface area (Å²) in [4.78, 5) is 0. The van der Waals surface area contributed by atoms with Crippen molar-refractivity contribution in [1.82, 2.24) is 0 Å². The summed E-state index contributed by atoms with van der Waals surface area (Å²) in [5.74, 6) is 0.172. The Balaban J connectivity index is 2.19. The van der Waals surface area contributed by atoms with Gasteiger partial charge in [0.15, 0.2) is 0 Å². The molecule has 1 aromatic rings. The van der Waals surface area contributed by atoms with Crippen molar-refractivity contribution < 1.29 is 20.1 Å². The fourth-order valence-corrected chi connectivity index (χ4v) is 3.93. The Morgan fingerprint density at radius 2 is 1.95 bits per heavy atom. The van der Waals surface area contributed by atoms with Crippen molar-refractivity contribution in [2.45, 2.75) is 56.8 Å². The summed E-state index contributed by atoms with van der Waals surface area (Å²) < 4.78 is 6.03. The summed E-state index contributed by atoms with van der Waals surface area (Å²) in [6.45, 7) is 5.59. The Labute approximate surface area is 124 Å². The van der Waals surface area contributed by atoms with Gasteiger partial charge in [-0.15, -0.1) is 0 Å². The molecule has 0 amide bonds. The van der Waals surface area contributed by atoms with Crippen molar-refractivity contribution in [2.24, 2.45) is 5.92 Å². The Kier molecular flexibility index (Phi) is 2.94. The molecule has 0 spiro atoms. The number of nitrogen functional groups attached to an aromatic ring is 1. The summed E-state index contributed by atoms with van der Waals surface area (Å²) >= 11 is 0. The molecular formula is C16H23NO4. The molecule has 0 aromatic heterocycles. The second-order valence-electron chi connectivity index (χ2n) is 7.13. The highest BCUT2D eigenvalue weighted by atomic mass is 16.5. The zero-order chi connectivity index (χ0) is 15.6. The number of benzene rings is 1. The van der Waals surface area contributed by atoms with Gasteiger partial charge in [0.05, 0.1) is 11.7 Å². The molecule has 3 rings (SSSR count). The van der Waals surface area contributed by atoms with Crippen LogP contribution in [-0.2, 0) is 0 Å². The van der Waals surface area contributed by atoms with E-state index in [1.54, 1.807) is 13.0 Å². The van der Waals surface area contributed by atoms with Gasteiger partial charge < -0.3 is 25.8 Å². The van der Waals surface area contributed by atoms with E-state index >= 15 is 0 Å². The van der Waals surface area contributed by atoms with Crippen LogP contribution in [0.1, 0.15) is 45.1 Å². The van der Waals surface area contributed by atoms with Gasteiger partial charge in [-0.3, -0.25) is 0 Å². The van der Waals surface area contributed by atoms with E-state index in [9.17, 15) is 15.3 Å². The highest BCUT2D eigenvalue weighted by Gasteiger charge is 2.54. The van der Waals surface area contributed by atoms with E-state index in [0.717, 1.165) is 6.42 Å². The molecule has 1 heterocycles. The van der Waals surface area contributed by atoms with E-state index in [-0.39, 0.29) is 17.6 Å². The van der Waals surface area contributed by atoms with Gasteiger partial charge in [-0.2, -0.15) is 0 Å². The number of hydrogen-bond donors (Lipinski definition) is 4. The standard InChI is InChI=1S/C16H23NO4/c1-15(2)9-4-5-16(3,20)14(19)12(9)13-10(18)6-8(17)7-11(13)21-15/h6-7,9,12,14,18-20H,4-5,17H2,1-3H3/t9-,12-,14+,16+/m1/s1. The molecule has 0 unspecified atom stereocenters. The first-order valence-corrected chi connectivity index (χ1v) is 7.35. The number of ether oxygens (including phenoxy) is 1. The molecule has 1 aliphatic heterocycles. The molecule has 1 aliphatic carbocycles. The molecule has 5 heteroatoms. The Morgan fingerprint density at radius 3 is 2.62 bits per heavy atom. The second-order valence-corrected chi connectivity index (χ2v) is 7.13. The lowest BCUT2D eigenvalue weighted by atomic mass is 9.61. The molecule has 5 N–H and O–H groups in total. The molecule has 5 nitrogen and oxygen atoms in total. The zero-order valence-electron chi connectivity index (χ0n) is 12.6. The first kappa shape index (κ1) is 14.5. The summed E-state index contributed by atoms with van der Waals surface area (Å²) in [6, 6.07) is 3.14. The third-order valence-electron chi connectivity index (χ3n) is 5.11. The first-order valence-electron chi connectivity index (χ1n) is 7.35. The fraction of sp³-hybridized carbons (Fsp3) is 0.625. The molecule has 2 aliphatic rings. The van der Waals surface area contributed by atoms with Crippen molar-refractivity contribution in [3.63, 3.8) is 0 Å². The number of aliphatic hydroxyl groups excluding tert-OH is 1. The number of phenolic OH excluding ortho intramolecular Hbond substituents is 1. The molecule has 21 heavy (non-hydrogen) atoms. The van der Waals surface area contributed by atoms with Crippen LogP contribution in [0, 0.1) is 5.92 Å². The summed E-state index contributed by atoms with van der Waals surface area (Å²) in [7, 11) is 0. The quantitative estimate of drug-likeness (QED) is 0.547. The van der Waals surface area contributed by atoms with Crippen LogP contribution in [0.5, 0.6) is 11.5 Å². The van der Waals surface area contributed by atoms with Crippen molar-refractivity contribution in [3.8, 4) is 11.5 Å². The van der Waals surface area contributed by atoms with Crippen LogP contribution >= 0.6 is 0 Å². The van der Waals surface area contributed by atoms with Gasteiger partial charge in [-0.25, -0.2) is 0 Å². The topological polar surface area (TPSA) is 95.9 Å². The van der Waals surface area contributed by atoms with Gasteiger partial charge in [0.2, 0.25) is 0 Å². The van der Waals surface area contributed by atoms with Crippen molar-refractivity contribution in [2.75, 3.05) is 5.73 Å². The molecule has 0 bridgehead atoms. The lowest BCUT2D eigenvalue weighted by Crippen LogP contribution is -2.57. The van der Waals surface area contributed by atoms with Crippen LogP contribution in [0.15, 0.2) is 12.1 Å². The zero-order valence-corrected chi connectivity index (χ0v) is 12.6. The maximum absolute atomic E-state index is 10.7. The average Bonchev–Trinajstić information content (AvgIpc) is 2.32. The number of rotatable bonds is 0. The van der Waals surface area contributed by atoms with Gasteiger partial charge in [0.1, 0.15) is 17.1 Å². The van der Waals surface area contributed by atoms with Crippen molar-refractivity contribution >= 4 is 5.69 Å². The maximum atomic E-state index is 10.7. The van der Waals surface area contributed by atoms with Crippen LogP contribution in [0.25, 0.3) is 0 Å². The number of aliphatic hydroxyl groups is 2. The normalized spacial score (nSPS) is 37.3. The minimum atomic E-state index is -1.17. The van der Waals surface area contributed by atoms with E-state index < -0.39 is 17.3 Å². The largest absolute Gasteiger partial charge is 0.507 e. The van der Waals surface area contributed by atoms with E-state index in [0.29, 0.717) is 23.4 Å². The van der Waals surface area contributed by atoms with E-state index in [1.807, 2.05) is 13.8 Å². The molecule has 116 valence electrons. The van der Waals surface area contributed by atoms with Gasteiger partial charge in [-0.05, 0) is 33.6 Å². The van der Waals surface area contributed by atoms with E-state index in [1.165, 1.54) is 6.07 Å². The van der Waals surface area contributed by atoms with Crippen LogP contribution in [0.3, 0.4) is 0 Å². The number of nitrogens with two attached hydrogens (primary N) is 1. The van der Waals surface area contributed by atoms with Gasteiger partial charge in [-0.1, -0.05) is 0 Å². The first-order chi connectivity index (χ1) is 9.63. The molecular weight excluding hydrogens is 270 g/mol. The Morgan fingerprint density at radius 1 is 1.29 bits per heavy atom. The predicted octanol–water partition coefficient (Wildman–Crippen LogP) is 1.75. The Bertz CT molecular complexity index is 582. The lowest BCUT2D eigenvalue weighted by Gasteiger charge is -2.52. The number of fused-ring (bicyclic) bond motifs is 3. The molecule has 0 radical (unpaired) electrons.